The number of rotatable bonds is 3. The van der Waals surface area contributed by atoms with Crippen molar-refractivity contribution in [2.24, 2.45) is 0 Å². The maximum Gasteiger partial charge on any atom is 0.163 e. The highest BCUT2D eigenvalue weighted by Crippen LogP contribution is 2.37. The predicted molar refractivity (Wildman–Crippen MR) is 55.7 cm³/mol. The Labute approximate surface area is 90.6 Å². The zero-order valence-corrected chi connectivity index (χ0v) is 9.55. The number of hydrogen-bond donors (Lipinski definition) is 3. The summed E-state index contributed by atoms with van der Waals surface area (Å²) in [5.74, 6) is 0.433. The summed E-state index contributed by atoms with van der Waals surface area (Å²) in [4.78, 5) is 0. The number of aromatic hydroxyl groups is 1. The second-order valence-corrected chi connectivity index (χ2v) is 3.66. The van der Waals surface area contributed by atoms with E-state index in [1.165, 1.54) is 7.11 Å². The van der Waals surface area contributed by atoms with Gasteiger partial charge in [0, 0.05) is 10.0 Å². The number of phenols is 1. The third-order valence-electron chi connectivity index (χ3n) is 1.95. The molecule has 0 saturated carbocycles. The topological polar surface area (TPSA) is 61.7 Å². The molecular weight excluding hydrogens is 250 g/mol. The Bertz CT molecular complexity index is 341. The highest BCUT2D eigenvalue weighted by atomic mass is 79.9. The first-order valence-electron chi connectivity index (χ1n) is 4.03. The Hall–Kier alpha value is -0.780. The molecule has 0 bridgehead atoms. The van der Waals surface area contributed by atoms with E-state index in [1.807, 2.05) is 12.4 Å². The number of phenolic OH excluding ortho intramolecular Hbond substituents is 1. The molecule has 14 heavy (non-hydrogen) atoms. The lowest BCUT2D eigenvalue weighted by atomic mass is 10.1. The standard InChI is InChI=1S/C9H12BrNO3/c1-5-3-7(14-2)9(12)6(4-11-13)8(5)10/h3,11-13H,4H2,1-2H3. The lowest BCUT2D eigenvalue weighted by molar-refractivity contribution is 0.159. The molecule has 0 aromatic heterocycles. The lowest BCUT2D eigenvalue weighted by Gasteiger charge is -2.12. The fourth-order valence-corrected chi connectivity index (χ4v) is 1.66. The molecule has 4 nitrogen and oxygen atoms in total. The van der Waals surface area contributed by atoms with Gasteiger partial charge in [-0.3, -0.25) is 0 Å². The van der Waals surface area contributed by atoms with E-state index in [4.69, 9.17) is 9.94 Å². The number of nitrogens with one attached hydrogen (secondary N) is 1. The molecule has 5 heteroatoms. The van der Waals surface area contributed by atoms with Gasteiger partial charge >= 0.3 is 0 Å². The summed E-state index contributed by atoms with van der Waals surface area (Å²) in [6.07, 6.45) is 0. The number of benzene rings is 1. The molecule has 1 aromatic carbocycles. The fourth-order valence-electron chi connectivity index (χ4n) is 1.22. The van der Waals surface area contributed by atoms with Gasteiger partial charge in [0.15, 0.2) is 11.5 Å². The average Bonchev–Trinajstić information content (AvgIpc) is 2.18. The minimum atomic E-state index is 0.0338. The van der Waals surface area contributed by atoms with Crippen LogP contribution in [0, 0.1) is 6.92 Å². The third kappa shape index (κ3) is 2.00. The number of halogens is 1. The van der Waals surface area contributed by atoms with Crippen LogP contribution in [0.3, 0.4) is 0 Å². The molecule has 0 fully saturated rings. The summed E-state index contributed by atoms with van der Waals surface area (Å²) >= 11 is 3.33. The normalized spacial score (nSPS) is 10.3. The van der Waals surface area contributed by atoms with E-state index in [0.29, 0.717) is 11.3 Å². The summed E-state index contributed by atoms with van der Waals surface area (Å²) < 4.78 is 5.75. The van der Waals surface area contributed by atoms with Gasteiger partial charge in [-0.1, -0.05) is 15.9 Å². The van der Waals surface area contributed by atoms with E-state index in [2.05, 4.69) is 15.9 Å². The van der Waals surface area contributed by atoms with Crippen molar-refractivity contribution < 1.29 is 15.1 Å². The maximum absolute atomic E-state index is 9.72. The van der Waals surface area contributed by atoms with Crippen molar-refractivity contribution >= 4 is 15.9 Å². The maximum atomic E-state index is 9.72. The zero-order valence-electron chi connectivity index (χ0n) is 7.97. The monoisotopic (exact) mass is 261 g/mol. The third-order valence-corrected chi connectivity index (χ3v) is 3.06. The van der Waals surface area contributed by atoms with Crippen LogP contribution in [0.4, 0.5) is 0 Å². The van der Waals surface area contributed by atoms with Crippen molar-refractivity contribution in [1.29, 1.82) is 0 Å². The molecule has 1 aromatic rings. The van der Waals surface area contributed by atoms with Crippen molar-refractivity contribution in [3.63, 3.8) is 0 Å². The number of ether oxygens (including phenoxy) is 1. The van der Waals surface area contributed by atoms with Gasteiger partial charge in [-0.15, -0.1) is 0 Å². The van der Waals surface area contributed by atoms with Crippen LogP contribution in [0.2, 0.25) is 0 Å². The van der Waals surface area contributed by atoms with Crippen LogP contribution >= 0.6 is 15.9 Å². The Morgan fingerprint density at radius 2 is 2.21 bits per heavy atom. The van der Waals surface area contributed by atoms with Gasteiger partial charge in [0.2, 0.25) is 0 Å². The van der Waals surface area contributed by atoms with E-state index in [1.54, 1.807) is 6.07 Å². The van der Waals surface area contributed by atoms with Crippen LogP contribution in [0.5, 0.6) is 11.5 Å². The minimum absolute atomic E-state index is 0.0338. The largest absolute Gasteiger partial charge is 0.504 e. The summed E-state index contributed by atoms with van der Waals surface area (Å²) in [6, 6.07) is 1.72. The van der Waals surface area contributed by atoms with E-state index < -0.39 is 0 Å². The summed E-state index contributed by atoms with van der Waals surface area (Å²) in [6.45, 7) is 2.04. The molecule has 0 amide bonds. The van der Waals surface area contributed by atoms with E-state index in [9.17, 15) is 5.11 Å². The van der Waals surface area contributed by atoms with Crippen LogP contribution in [0.15, 0.2) is 10.5 Å². The SMILES string of the molecule is COc1cc(C)c(Br)c(CNO)c1O. The predicted octanol–water partition coefficient (Wildman–Crippen LogP) is 1.95. The van der Waals surface area contributed by atoms with Gasteiger partial charge in [-0.25, -0.2) is 5.48 Å². The molecule has 0 radical (unpaired) electrons. The molecule has 0 aliphatic carbocycles. The van der Waals surface area contributed by atoms with Crippen molar-refractivity contribution in [2.75, 3.05) is 7.11 Å². The lowest BCUT2D eigenvalue weighted by Crippen LogP contribution is -2.08. The minimum Gasteiger partial charge on any atom is -0.504 e. The Kier molecular flexibility index (Phi) is 3.74. The van der Waals surface area contributed by atoms with Gasteiger partial charge in [0.05, 0.1) is 13.7 Å². The zero-order chi connectivity index (χ0) is 10.7. The molecule has 78 valence electrons. The first-order chi connectivity index (χ1) is 6.61. The highest BCUT2D eigenvalue weighted by molar-refractivity contribution is 9.10. The first-order valence-corrected chi connectivity index (χ1v) is 4.83. The molecule has 0 atom stereocenters. The van der Waals surface area contributed by atoms with Gasteiger partial charge < -0.3 is 15.1 Å². The van der Waals surface area contributed by atoms with Crippen molar-refractivity contribution in [2.45, 2.75) is 13.5 Å². The fraction of sp³-hybridized carbons (Fsp3) is 0.333. The van der Waals surface area contributed by atoms with Crippen LogP contribution < -0.4 is 10.2 Å². The van der Waals surface area contributed by atoms with Crippen LogP contribution in [-0.2, 0) is 6.54 Å². The van der Waals surface area contributed by atoms with Crippen molar-refractivity contribution in [3.8, 4) is 11.5 Å². The molecule has 0 spiro atoms. The summed E-state index contributed by atoms with van der Waals surface area (Å²) in [5.41, 5.74) is 3.51. The number of hydrogen-bond acceptors (Lipinski definition) is 4. The van der Waals surface area contributed by atoms with E-state index in [-0.39, 0.29) is 12.3 Å². The number of hydroxylamine groups is 1. The number of aryl methyl sites for hydroxylation is 1. The number of methoxy groups -OCH3 is 1. The molecule has 0 saturated heterocycles. The van der Waals surface area contributed by atoms with Gasteiger partial charge in [-0.2, -0.15) is 0 Å². The Morgan fingerprint density at radius 1 is 1.57 bits per heavy atom. The summed E-state index contributed by atoms with van der Waals surface area (Å²) in [7, 11) is 1.48. The molecule has 0 heterocycles. The molecule has 0 unspecified atom stereocenters. The molecule has 1 rings (SSSR count). The van der Waals surface area contributed by atoms with Crippen molar-refractivity contribution in [1.82, 2.24) is 5.48 Å². The highest BCUT2D eigenvalue weighted by Gasteiger charge is 2.13. The summed E-state index contributed by atoms with van der Waals surface area (Å²) in [5, 5.41) is 18.3. The van der Waals surface area contributed by atoms with E-state index >= 15 is 0 Å². The molecule has 3 N–H and O–H groups in total. The van der Waals surface area contributed by atoms with Crippen LogP contribution in [-0.4, -0.2) is 17.4 Å². The van der Waals surface area contributed by atoms with Gasteiger partial charge in [-0.05, 0) is 18.6 Å². The Morgan fingerprint density at radius 3 is 2.71 bits per heavy atom. The van der Waals surface area contributed by atoms with Crippen molar-refractivity contribution in [3.05, 3.63) is 21.7 Å². The molecule has 0 aliphatic rings. The van der Waals surface area contributed by atoms with Crippen LogP contribution in [0.25, 0.3) is 0 Å². The smallest absolute Gasteiger partial charge is 0.163 e. The van der Waals surface area contributed by atoms with E-state index in [0.717, 1.165) is 10.0 Å². The van der Waals surface area contributed by atoms with Gasteiger partial charge in [0.25, 0.3) is 0 Å². The molecular formula is C9H12BrNO3. The second-order valence-electron chi connectivity index (χ2n) is 2.87. The molecule has 0 aliphatic heterocycles. The quantitative estimate of drug-likeness (QED) is 0.728. The Balaban J connectivity index is 3.29. The van der Waals surface area contributed by atoms with Crippen LogP contribution in [0.1, 0.15) is 11.1 Å². The van der Waals surface area contributed by atoms with Gasteiger partial charge in [0.1, 0.15) is 0 Å². The first kappa shape index (κ1) is 11.3. The average molecular weight is 262 g/mol. The second kappa shape index (κ2) is 4.63.